The molecule has 2 aliphatic heterocycles. The van der Waals surface area contributed by atoms with Gasteiger partial charge in [0.25, 0.3) is 0 Å². The van der Waals surface area contributed by atoms with Crippen molar-refractivity contribution in [1.82, 2.24) is 19.8 Å². The summed E-state index contributed by atoms with van der Waals surface area (Å²) in [5, 5.41) is 11.6. The van der Waals surface area contributed by atoms with E-state index in [0.29, 0.717) is 12.1 Å². The zero-order chi connectivity index (χ0) is 18.4. The third kappa shape index (κ3) is 3.52. The highest BCUT2D eigenvalue weighted by Crippen LogP contribution is 2.30. The van der Waals surface area contributed by atoms with Crippen LogP contribution in [0.15, 0.2) is 51.1 Å². The molecule has 0 saturated carbocycles. The lowest BCUT2D eigenvalue weighted by Crippen LogP contribution is -2.54. The van der Waals surface area contributed by atoms with E-state index in [-0.39, 0.29) is 6.10 Å². The second kappa shape index (κ2) is 6.98. The van der Waals surface area contributed by atoms with Crippen LogP contribution in [0.4, 0.5) is 0 Å². The van der Waals surface area contributed by atoms with Gasteiger partial charge in [-0.2, -0.15) is 0 Å². The third-order valence-corrected chi connectivity index (χ3v) is 6.44. The van der Waals surface area contributed by atoms with Gasteiger partial charge in [-0.15, -0.1) is 0 Å². The van der Waals surface area contributed by atoms with E-state index in [1.165, 1.54) is 11.8 Å². The number of benzene rings is 1. The monoisotopic (exact) mass is 384 g/mol. The van der Waals surface area contributed by atoms with Crippen molar-refractivity contribution in [3.05, 3.63) is 42.2 Å². The van der Waals surface area contributed by atoms with Gasteiger partial charge in [-0.05, 0) is 49.4 Å². The van der Waals surface area contributed by atoms with Gasteiger partial charge in [0.2, 0.25) is 0 Å². The molecule has 1 unspecified atom stereocenters. The number of nitrogens with zero attached hydrogens (tertiary/aromatic N) is 3. The summed E-state index contributed by atoms with van der Waals surface area (Å²) in [6.07, 6.45) is 0.715. The zero-order valence-electron chi connectivity index (χ0n) is 15.3. The first kappa shape index (κ1) is 17.3. The zero-order valence-corrected chi connectivity index (χ0v) is 16.2. The first-order valence-corrected chi connectivity index (χ1v) is 10.3. The van der Waals surface area contributed by atoms with Gasteiger partial charge in [0.1, 0.15) is 5.76 Å². The minimum Gasteiger partial charge on any atom is -0.453 e. The summed E-state index contributed by atoms with van der Waals surface area (Å²) in [7, 11) is 0. The summed E-state index contributed by atoms with van der Waals surface area (Å²) in [5.74, 6) is 0.979. The molecule has 2 aliphatic rings. The number of aromatic nitrogens is 2. The van der Waals surface area contributed by atoms with Gasteiger partial charge in [-0.1, -0.05) is 12.1 Å². The first-order valence-electron chi connectivity index (χ1n) is 9.51. The van der Waals surface area contributed by atoms with Crippen molar-refractivity contribution in [2.45, 2.75) is 48.3 Å². The topological polar surface area (TPSA) is 68.5 Å². The number of aromatic amines is 1. The number of imidazole rings is 1. The van der Waals surface area contributed by atoms with E-state index < -0.39 is 0 Å². The fraction of sp³-hybridized carbons (Fsp3) is 0.450. The van der Waals surface area contributed by atoms with Gasteiger partial charge < -0.3 is 14.5 Å². The van der Waals surface area contributed by atoms with E-state index in [0.717, 1.165) is 59.6 Å². The maximum atomic E-state index is 9.93. The van der Waals surface area contributed by atoms with E-state index >= 15 is 0 Å². The molecule has 0 radical (unpaired) electrons. The fourth-order valence-corrected chi connectivity index (χ4v) is 5.05. The van der Waals surface area contributed by atoms with Gasteiger partial charge in [-0.3, -0.25) is 9.80 Å². The number of hydrogen-bond acceptors (Lipinski definition) is 6. The van der Waals surface area contributed by atoms with Crippen molar-refractivity contribution in [3.63, 3.8) is 0 Å². The largest absolute Gasteiger partial charge is 0.453 e. The molecule has 0 spiro atoms. The second-order valence-corrected chi connectivity index (χ2v) is 8.65. The maximum absolute atomic E-state index is 9.93. The van der Waals surface area contributed by atoms with Crippen LogP contribution in [0.5, 0.6) is 0 Å². The number of rotatable bonds is 4. The minimum atomic E-state index is -0.169. The van der Waals surface area contributed by atoms with Gasteiger partial charge in [0.05, 0.1) is 23.7 Å². The number of aliphatic hydroxyl groups is 1. The molecule has 4 heterocycles. The van der Waals surface area contributed by atoms with Crippen LogP contribution in [0.2, 0.25) is 0 Å². The molecule has 6 nitrogen and oxygen atoms in total. The summed E-state index contributed by atoms with van der Waals surface area (Å²) in [6, 6.07) is 13.0. The van der Waals surface area contributed by atoms with Crippen LogP contribution >= 0.6 is 11.8 Å². The molecule has 0 aliphatic carbocycles. The Hall–Kier alpha value is -1.80. The summed E-state index contributed by atoms with van der Waals surface area (Å²) in [4.78, 5) is 12.8. The van der Waals surface area contributed by atoms with Crippen LogP contribution in [0.1, 0.15) is 19.1 Å². The highest BCUT2D eigenvalue weighted by atomic mass is 32.2. The standard InChI is InChI=1S/C20H24N4O2S/c1-13-9-24-11-15(25)8-14(24)10-23(13)12-16-6-7-19(26-16)27-20-21-17-4-2-3-5-18(17)22-20/h2-7,13-15,25H,8-12H2,1H3,(H,21,22)/t13-,14?,15+/m0/s1. The summed E-state index contributed by atoms with van der Waals surface area (Å²) >= 11 is 1.52. The summed E-state index contributed by atoms with van der Waals surface area (Å²) < 4.78 is 6.07. The van der Waals surface area contributed by atoms with Gasteiger partial charge in [-0.25, -0.2) is 4.98 Å². The molecule has 3 aromatic rings. The Bertz CT molecular complexity index is 906. The Labute approximate surface area is 162 Å². The van der Waals surface area contributed by atoms with Crippen LogP contribution in [0.25, 0.3) is 11.0 Å². The van der Waals surface area contributed by atoms with Crippen molar-refractivity contribution in [2.24, 2.45) is 0 Å². The van der Waals surface area contributed by atoms with E-state index in [2.05, 4.69) is 32.8 Å². The molecule has 3 atom stereocenters. The number of hydrogen-bond donors (Lipinski definition) is 2. The average Bonchev–Trinajstić information content (AvgIpc) is 3.33. The average molecular weight is 385 g/mol. The molecule has 7 heteroatoms. The van der Waals surface area contributed by atoms with Crippen LogP contribution in [-0.2, 0) is 6.54 Å². The SMILES string of the molecule is C[C@H]1CN2C[C@H](O)CC2CN1Cc1ccc(Sc2nc3ccccc3[nH]2)o1. The van der Waals surface area contributed by atoms with Crippen LogP contribution in [0.3, 0.4) is 0 Å². The van der Waals surface area contributed by atoms with E-state index in [9.17, 15) is 5.11 Å². The molecule has 0 bridgehead atoms. The molecular weight excluding hydrogens is 360 g/mol. The van der Waals surface area contributed by atoms with Crippen molar-refractivity contribution in [3.8, 4) is 0 Å². The molecule has 5 rings (SSSR count). The lowest BCUT2D eigenvalue weighted by Gasteiger charge is -2.41. The number of nitrogens with one attached hydrogen (secondary N) is 1. The Balaban J connectivity index is 1.25. The quantitative estimate of drug-likeness (QED) is 0.721. The van der Waals surface area contributed by atoms with Gasteiger partial charge >= 0.3 is 0 Å². The maximum Gasteiger partial charge on any atom is 0.174 e. The Morgan fingerprint density at radius 1 is 1.22 bits per heavy atom. The molecule has 2 aromatic heterocycles. The normalized spacial score (nSPS) is 26.7. The van der Waals surface area contributed by atoms with Gasteiger partial charge in [0.15, 0.2) is 10.2 Å². The predicted octanol–water partition coefficient (Wildman–Crippen LogP) is 2.95. The van der Waals surface area contributed by atoms with Crippen LogP contribution in [0, 0.1) is 0 Å². The Kier molecular flexibility index (Phi) is 4.47. The summed E-state index contributed by atoms with van der Waals surface area (Å²) in [5.41, 5.74) is 2.01. The number of para-hydroxylation sites is 2. The first-order chi connectivity index (χ1) is 13.1. The smallest absolute Gasteiger partial charge is 0.174 e. The highest BCUT2D eigenvalue weighted by molar-refractivity contribution is 7.99. The molecule has 0 amide bonds. The number of piperazine rings is 1. The van der Waals surface area contributed by atoms with E-state index in [4.69, 9.17) is 4.42 Å². The van der Waals surface area contributed by atoms with Crippen LogP contribution < -0.4 is 0 Å². The van der Waals surface area contributed by atoms with Gasteiger partial charge in [0, 0.05) is 31.7 Å². The Morgan fingerprint density at radius 3 is 3.00 bits per heavy atom. The van der Waals surface area contributed by atoms with E-state index in [1.54, 1.807) is 0 Å². The molecule has 2 N–H and O–H groups in total. The highest BCUT2D eigenvalue weighted by Gasteiger charge is 2.38. The number of fused-ring (bicyclic) bond motifs is 2. The fourth-order valence-electron chi connectivity index (χ4n) is 4.27. The van der Waals surface area contributed by atoms with Crippen molar-refractivity contribution < 1.29 is 9.52 Å². The number of furan rings is 1. The minimum absolute atomic E-state index is 0.169. The molecule has 1 aromatic carbocycles. The van der Waals surface area contributed by atoms with E-state index in [1.807, 2.05) is 30.3 Å². The molecule has 2 fully saturated rings. The lowest BCUT2D eigenvalue weighted by atomic mass is 10.1. The molecule has 2 saturated heterocycles. The van der Waals surface area contributed by atoms with Crippen molar-refractivity contribution in [1.29, 1.82) is 0 Å². The Morgan fingerprint density at radius 2 is 2.11 bits per heavy atom. The number of aliphatic hydroxyl groups excluding tert-OH is 1. The van der Waals surface area contributed by atoms with Crippen molar-refractivity contribution >= 4 is 22.8 Å². The third-order valence-electron chi connectivity index (χ3n) is 5.63. The van der Waals surface area contributed by atoms with Crippen LogP contribution in [-0.4, -0.2) is 62.7 Å². The number of H-pyrrole nitrogens is 1. The molecule has 142 valence electrons. The summed E-state index contributed by atoms with van der Waals surface area (Å²) in [6.45, 7) is 5.89. The predicted molar refractivity (Wildman–Crippen MR) is 105 cm³/mol. The lowest BCUT2D eigenvalue weighted by molar-refractivity contribution is 0.0476. The molecule has 27 heavy (non-hydrogen) atoms. The second-order valence-electron chi connectivity index (χ2n) is 7.66. The van der Waals surface area contributed by atoms with Crippen molar-refractivity contribution in [2.75, 3.05) is 19.6 Å². The molecular formula is C20H24N4O2S.